The molecule has 0 aliphatic carbocycles. The number of benzene rings is 2. The topological polar surface area (TPSA) is 35.2 Å². The van der Waals surface area contributed by atoms with E-state index in [1.807, 2.05) is 18.2 Å². The number of rotatable bonds is 3. The lowest BCUT2D eigenvalue weighted by Gasteiger charge is -2.15. The second kappa shape index (κ2) is 6.37. The van der Waals surface area contributed by atoms with Crippen molar-refractivity contribution in [2.24, 2.45) is 5.73 Å². The summed E-state index contributed by atoms with van der Waals surface area (Å²) in [7, 11) is 0. The fraction of sp³-hybridized carbons (Fsp3) is 0.143. The average Bonchev–Trinajstić information content (AvgIpc) is 2.35. The van der Waals surface area contributed by atoms with E-state index in [0.29, 0.717) is 5.56 Å². The molecule has 0 radical (unpaired) electrons. The zero-order valence-electron chi connectivity index (χ0n) is 10.5. The van der Waals surface area contributed by atoms with Crippen molar-refractivity contribution in [3.05, 3.63) is 62.5 Å². The van der Waals surface area contributed by atoms with E-state index in [1.54, 1.807) is 0 Å². The maximum absolute atomic E-state index is 12.1. The monoisotopic (exact) mass is 423 g/mol. The molecule has 112 valence electrons. The van der Waals surface area contributed by atoms with Gasteiger partial charge in [0.1, 0.15) is 5.75 Å². The van der Waals surface area contributed by atoms with Crippen LogP contribution in [0.15, 0.2) is 51.4 Å². The predicted octanol–water partition coefficient (Wildman–Crippen LogP) is 5.16. The molecule has 0 amide bonds. The summed E-state index contributed by atoms with van der Waals surface area (Å²) in [4.78, 5) is 0. The lowest BCUT2D eigenvalue weighted by Crippen LogP contribution is -2.17. The van der Waals surface area contributed by atoms with Crippen molar-refractivity contribution in [3.8, 4) is 5.75 Å². The van der Waals surface area contributed by atoms with Crippen molar-refractivity contribution in [1.82, 2.24) is 0 Å². The van der Waals surface area contributed by atoms with Gasteiger partial charge in [0.15, 0.2) is 0 Å². The molecule has 0 saturated carbocycles. The van der Waals surface area contributed by atoms with Gasteiger partial charge in [-0.05, 0) is 41.5 Å². The number of alkyl halides is 3. The smallest absolute Gasteiger partial charge is 0.406 e. The third-order valence-electron chi connectivity index (χ3n) is 2.72. The van der Waals surface area contributed by atoms with E-state index in [9.17, 15) is 13.2 Å². The molecular weight excluding hydrogens is 415 g/mol. The predicted molar refractivity (Wildman–Crippen MR) is 81.0 cm³/mol. The van der Waals surface area contributed by atoms with Crippen molar-refractivity contribution in [3.63, 3.8) is 0 Å². The van der Waals surface area contributed by atoms with Gasteiger partial charge in [0.05, 0.1) is 6.04 Å². The van der Waals surface area contributed by atoms with Gasteiger partial charge < -0.3 is 10.5 Å². The molecule has 2 N–H and O–H groups in total. The second-order valence-electron chi connectivity index (χ2n) is 4.30. The Morgan fingerprint density at radius 3 is 1.90 bits per heavy atom. The molecule has 2 aromatic rings. The van der Waals surface area contributed by atoms with Crippen LogP contribution in [0.2, 0.25) is 0 Å². The molecule has 0 bridgehead atoms. The van der Waals surface area contributed by atoms with Crippen LogP contribution < -0.4 is 10.5 Å². The van der Waals surface area contributed by atoms with E-state index in [1.165, 1.54) is 24.3 Å². The van der Waals surface area contributed by atoms with Crippen LogP contribution in [0.5, 0.6) is 5.75 Å². The van der Waals surface area contributed by atoms with Crippen molar-refractivity contribution >= 4 is 31.9 Å². The van der Waals surface area contributed by atoms with Crippen molar-refractivity contribution in [2.75, 3.05) is 0 Å². The van der Waals surface area contributed by atoms with Gasteiger partial charge in [-0.1, -0.05) is 44.0 Å². The average molecular weight is 425 g/mol. The standard InChI is InChI=1S/C14H10Br2F3NO/c15-10-5-9(6-11(16)7-10)13(20)8-1-3-12(4-2-8)21-14(17,18)19/h1-7,13H,20H2/t13-/m0/s1. The molecule has 0 aliphatic rings. The van der Waals surface area contributed by atoms with Crippen LogP contribution in [0.4, 0.5) is 13.2 Å². The number of hydrogen-bond acceptors (Lipinski definition) is 2. The third kappa shape index (κ3) is 4.72. The number of ether oxygens (including phenoxy) is 1. The molecule has 2 nitrogen and oxygen atoms in total. The number of nitrogens with two attached hydrogens (primary N) is 1. The summed E-state index contributed by atoms with van der Waals surface area (Å²) in [6.07, 6.45) is -4.70. The highest BCUT2D eigenvalue weighted by Crippen LogP contribution is 2.29. The third-order valence-corrected chi connectivity index (χ3v) is 3.63. The minimum atomic E-state index is -4.70. The van der Waals surface area contributed by atoms with Crippen molar-refractivity contribution in [1.29, 1.82) is 0 Å². The van der Waals surface area contributed by atoms with Gasteiger partial charge >= 0.3 is 6.36 Å². The Morgan fingerprint density at radius 2 is 1.43 bits per heavy atom. The maximum Gasteiger partial charge on any atom is 0.573 e. The fourth-order valence-corrected chi connectivity index (χ4v) is 3.15. The van der Waals surface area contributed by atoms with E-state index in [2.05, 4.69) is 36.6 Å². The van der Waals surface area contributed by atoms with Gasteiger partial charge in [0.25, 0.3) is 0 Å². The summed E-state index contributed by atoms with van der Waals surface area (Å²) < 4.78 is 41.8. The van der Waals surface area contributed by atoms with Crippen LogP contribution in [-0.2, 0) is 0 Å². The van der Waals surface area contributed by atoms with E-state index < -0.39 is 12.4 Å². The normalized spacial score (nSPS) is 13.0. The van der Waals surface area contributed by atoms with Crippen LogP contribution in [-0.4, -0.2) is 6.36 Å². The molecule has 2 aromatic carbocycles. The van der Waals surface area contributed by atoms with Crippen molar-refractivity contribution < 1.29 is 17.9 Å². The van der Waals surface area contributed by atoms with E-state index >= 15 is 0 Å². The van der Waals surface area contributed by atoms with Crippen LogP contribution in [0, 0.1) is 0 Å². The Hall–Kier alpha value is -1.05. The van der Waals surface area contributed by atoms with Gasteiger partial charge in [-0.3, -0.25) is 0 Å². The minimum absolute atomic E-state index is 0.270. The summed E-state index contributed by atoms with van der Waals surface area (Å²) in [5, 5.41) is 0. The van der Waals surface area contributed by atoms with Gasteiger partial charge in [-0.15, -0.1) is 13.2 Å². The molecular formula is C14H10Br2F3NO. The second-order valence-corrected chi connectivity index (χ2v) is 6.13. The minimum Gasteiger partial charge on any atom is -0.406 e. The van der Waals surface area contributed by atoms with Gasteiger partial charge in [0.2, 0.25) is 0 Å². The first-order valence-corrected chi connectivity index (χ1v) is 7.40. The Kier molecular flexibility index (Phi) is 4.95. The zero-order chi connectivity index (χ0) is 15.6. The number of halogens is 5. The molecule has 7 heteroatoms. The molecule has 21 heavy (non-hydrogen) atoms. The van der Waals surface area contributed by atoms with Crippen molar-refractivity contribution in [2.45, 2.75) is 12.4 Å². The Bertz CT molecular complexity index is 609. The first-order chi connectivity index (χ1) is 9.74. The summed E-state index contributed by atoms with van der Waals surface area (Å²) in [5.74, 6) is -0.270. The van der Waals surface area contributed by atoms with E-state index in [0.717, 1.165) is 14.5 Å². The molecule has 0 aliphatic heterocycles. The quantitative estimate of drug-likeness (QED) is 0.738. The molecule has 1 atom stereocenters. The molecule has 0 unspecified atom stereocenters. The van der Waals surface area contributed by atoms with E-state index in [4.69, 9.17) is 5.73 Å². The highest BCUT2D eigenvalue weighted by molar-refractivity contribution is 9.11. The molecule has 0 fully saturated rings. The highest BCUT2D eigenvalue weighted by Gasteiger charge is 2.31. The zero-order valence-corrected chi connectivity index (χ0v) is 13.7. The highest BCUT2D eigenvalue weighted by atomic mass is 79.9. The summed E-state index contributed by atoms with van der Waals surface area (Å²) >= 11 is 6.74. The Balaban J connectivity index is 2.21. The van der Waals surface area contributed by atoms with Gasteiger partial charge in [-0.25, -0.2) is 0 Å². The molecule has 0 saturated heterocycles. The SMILES string of the molecule is N[C@@H](c1ccc(OC(F)(F)F)cc1)c1cc(Br)cc(Br)c1. The molecule has 0 heterocycles. The number of hydrogen-bond donors (Lipinski definition) is 1. The molecule has 0 spiro atoms. The lowest BCUT2D eigenvalue weighted by atomic mass is 10.00. The summed E-state index contributed by atoms with van der Waals surface area (Å²) in [6, 6.07) is 10.7. The summed E-state index contributed by atoms with van der Waals surface area (Å²) in [5.41, 5.74) is 7.65. The maximum atomic E-state index is 12.1. The van der Waals surface area contributed by atoms with Crippen LogP contribution >= 0.6 is 31.9 Å². The Labute approximate surface area is 136 Å². The Morgan fingerprint density at radius 1 is 0.905 bits per heavy atom. The molecule has 2 rings (SSSR count). The largest absolute Gasteiger partial charge is 0.573 e. The van der Waals surface area contributed by atoms with E-state index in [-0.39, 0.29) is 5.75 Å². The van der Waals surface area contributed by atoms with Gasteiger partial charge in [-0.2, -0.15) is 0 Å². The first-order valence-electron chi connectivity index (χ1n) is 5.82. The fourth-order valence-electron chi connectivity index (χ4n) is 1.82. The van der Waals surface area contributed by atoms with Crippen LogP contribution in [0.25, 0.3) is 0 Å². The molecule has 0 aromatic heterocycles. The lowest BCUT2D eigenvalue weighted by molar-refractivity contribution is -0.274. The van der Waals surface area contributed by atoms with Crippen LogP contribution in [0.1, 0.15) is 17.2 Å². The van der Waals surface area contributed by atoms with Crippen LogP contribution in [0.3, 0.4) is 0 Å². The first kappa shape index (κ1) is 16.3. The van der Waals surface area contributed by atoms with Gasteiger partial charge in [0, 0.05) is 8.95 Å². The summed E-state index contributed by atoms with van der Waals surface area (Å²) in [6.45, 7) is 0.